The van der Waals surface area contributed by atoms with Crippen LogP contribution in [0.15, 0.2) is 15.4 Å². The van der Waals surface area contributed by atoms with Crippen molar-refractivity contribution in [3.05, 3.63) is 0 Å². The van der Waals surface area contributed by atoms with Gasteiger partial charge in [0.1, 0.15) is 6.54 Å². The van der Waals surface area contributed by atoms with Crippen molar-refractivity contribution in [3.8, 4) is 0 Å². The van der Waals surface area contributed by atoms with Crippen LogP contribution in [0.5, 0.6) is 0 Å². The Bertz CT molecular complexity index is 186. The second-order valence-electron chi connectivity index (χ2n) is 4.12. The Morgan fingerprint density at radius 1 is 1.36 bits per heavy atom. The minimum Gasteiger partial charge on any atom is -0.163 e. The zero-order valence-corrected chi connectivity index (χ0v) is 7.46. The maximum atomic E-state index is 3.91. The lowest BCUT2D eigenvalue weighted by molar-refractivity contribution is 0.386. The van der Waals surface area contributed by atoms with Crippen molar-refractivity contribution in [2.45, 2.75) is 33.6 Å². The molecule has 62 valence electrons. The van der Waals surface area contributed by atoms with E-state index in [1.165, 1.54) is 0 Å². The van der Waals surface area contributed by atoms with Crippen molar-refractivity contribution < 1.29 is 0 Å². The molecule has 1 heterocycles. The Hall–Kier alpha value is -0.730. The number of nitrogens with zero attached hydrogens (tertiary/aromatic N) is 3. The van der Waals surface area contributed by atoms with Crippen LogP contribution in [-0.4, -0.2) is 12.3 Å². The van der Waals surface area contributed by atoms with Gasteiger partial charge in [0, 0.05) is 0 Å². The summed E-state index contributed by atoms with van der Waals surface area (Å²) in [5.74, 6) is 0. The summed E-state index contributed by atoms with van der Waals surface area (Å²) in [4.78, 5) is 0. The van der Waals surface area contributed by atoms with E-state index in [1.807, 2.05) is 0 Å². The van der Waals surface area contributed by atoms with Gasteiger partial charge in [0.25, 0.3) is 0 Å². The Morgan fingerprint density at radius 3 is 2.55 bits per heavy atom. The van der Waals surface area contributed by atoms with Gasteiger partial charge in [0.2, 0.25) is 0 Å². The van der Waals surface area contributed by atoms with Gasteiger partial charge in [-0.2, -0.15) is 5.11 Å². The largest absolute Gasteiger partial charge is 0.163 e. The summed E-state index contributed by atoms with van der Waals surface area (Å²) >= 11 is 0. The average Bonchev–Trinajstić information content (AvgIpc) is 2.32. The van der Waals surface area contributed by atoms with E-state index in [9.17, 15) is 0 Å². The summed E-state index contributed by atoms with van der Waals surface area (Å²) in [6.07, 6.45) is 2.20. The van der Waals surface area contributed by atoms with Gasteiger partial charge in [0.15, 0.2) is 0 Å². The third-order valence-electron chi connectivity index (χ3n) is 1.67. The van der Waals surface area contributed by atoms with Crippen LogP contribution in [-0.2, 0) is 0 Å². The first-order valence-corrected chi connectivity index (χ1v) is 4.00. The lowest BCUT2D eigenvalue weighted by Crippen LogP contribution is -2.09. The molecule has 0 aromatic heterocycles. The van der Waals surface area contributed by atoms with E-state index in [0.29, 0.717) is 5.41 Å². The van der Waals surface area contributed by atoms with Gasteiger partial charge in [0.05, 0.1) is 5.71 Å². The summed E-state index contributed by atoms with van der Waals surface area (Å²) < 4.78 is 0. The van der Waals surface area contributed by atoms with Crippen LogP contribution < -0.4 is 0 Å². The average molecular weight is 153 g/mol. The Kier molecular flexibility index (Phi) is 2.37. The van der Waals surface area contributed by atoms with E-state index < -0.39 is 0 Å². The van der Waals surface area contributed by atoms with E-state index in [0.717, 1.165) is 25.1 Å². The molecule has 0 atom stereocenters. The van der Waals surface area contributed by atoms with Crippen LogP contribution in [0.25, 0.3) is 0 Å². The fourth-order valence-electron chi connectivity index (χ4n) is 0.888. The molecule has 0 radical (unpaired) electrons. The first-order valence-electron chi connectivity index (χ1n) is 4.00. The molecule has 0 aromatic carbocycles. The molecular formula is C8H15N3. The molecule has 1 aliphatic rings. The summed E-state index contributed by atoms with van der Waals surface area (Å²) in [5, 5.41) is 11.3. The second-order valence-corrected chi connectivity index (χ2v) is 4.12. The van der Waals surface area contributed by atoms with Crippen LogP contribution >= 0.6 is 0 Å². The van der Waals surface area contributed by atoms with Crippen molar-refractivity contribution in [1.82, 2.24) is 0 Å². The van der Waals surface area contributed by atoms with Crippen molar-refractivity contribution >= 4 is 5.71 Å². The highest BCUT2D eigenvalue weighted by atomic mass is 15.4. The molecule has 0 N–H and O–H groups in total. The standard InChI is InChI=1S/C8H15N3/c1-8(2,3)5-4-7-6-9-11-10-7/h4-6H2,1-3H3. The lowest BCUT2D eigenvalue weighted by atomic mass is 9.89. The van der Waals surface area contributed by atoms with Crippen LogP contribution in [0.1, 0.15) is 33.6 Å². The third kappa shape index (κ3) is 3.25. The SMILES string of the molecule is CC(C)(C)CCC1=NN=NC1. The van der Waals surface area contributed by atoms with E-state index >= 15 is 0 Å². The molecular weight excluding hydrogens is 138 g/mol. The smallest absolute Gasteiger partial charge is 0.102 e. The monoisotopic (exact) mass is 153 g/mol. The predicted octanol–water partition coefficient (Wildman–Crippen LogP) is 2.63. The molecule has 0 aromatic rings. The number of rotatable bonds is 2. The zero-order chi connectivity index (χ0) is 8.32. The Labute approximate surface area is 67.6 Å². The van der Waals surface area contributed by atoms with Crippen molar-refractivity contribution in [1.29, 1.82) is 0 Å². The topological polar surface area (TPSA) is 37.1 Å². The maximum Gasteiger partial charge on any atom is 0.102 e. The molecule has 0 amide bonds. The van der Waals surface area contributed by atoms with Crippen molar-refractivity contribution in [2.75, 3.05) is 6.54 Å². The quantitative estimate of drug-likeness (QED) is 0.585. The fraction of sp³-hybridized carbons (Fsp3) is 0.875. The van der Waals surface area contributed by atoms with Gasteiger partial charge >= 0.3 is 0 Å². The van der Waals surface area contributed by atoms with Gasteiger partial charge < -0.3 is 0 Å². The fourth-order valence-corrected chi connectivity index (χ4v) is 0.888. The molecule has 0 unspecified atom stereocenters. The maximum absolute atomic E-state index is 3.91. The molecule has 0 aliphatic carbocycles. The minimum absolute atomic E-state index is 0.394. The second kappa shape index (κ2) is 3.11. The lowest BCUT2D eigenvalue weighted by Gasteiger charge is -2.16. The van der Waals surface area contributed by atoms with E-state index in [-0.39, 0.29) is 0 Å². The van der Waals surface area contributed by atoms with Crippen LogP contribution in [0.4, 0.5) is 0 Å². The Balaban J connectivity index is 2.23. The normalized spacial score (nSPS) is 17.2. The van der Waals surface area contributed by atoms with Gasteiger partial charge in [-0.3, -0.25) is 0 Å². The van der Waals surface area contributed by atoms with Crippen LogP contribution in [0.3, 0.4) is 0 Å². The minimum atomic E-state index is 0.394. The van der Waals surface area contributed by atoms with Gasteiger partial charge in [-0.05, 0) is 23.5 Å². The van der Waals surface area contributed by atoms with Crippen molar-refractivity contribution in [2.24, 2.45) is 20.9 Å². The number of hydrogen-bond donors (Lipinski definition) is 0. The third-order valence-corrected chi connectivity index (χ3v) is 1.67. The molecule has 3 nitrogen and oxygen atoms in total. The van der Waals surface area contributed by atoms with Gasteiger partial charge in [-0.15, -0.1) is 5.10 Å². The molecule has 0 saturated heterocycles. The molecule has 1 aliphatic heterocycles. The highest BCUT2D eigenvalue weighted by molar-refractivity contribution is 5.87. The molecule has 0 fully saturated rings. The molecule has 1 rings (SSSR count). The molecule has 11 heavy (non-hydrogen) atoms. The highest BCUT2D eigenvalue weighted by Crippen LogP contribution is 2.21. The summed E-state index contributed by atoms with van der Waals surface area (Å²) in [5.41, 5.74) is 1.52. The highest BCUT2D eigenvalue weighted by Gasteiger charge is 2.12. The summed E-state index contributed by atoms with van der Waals surface area (Å²) in [6.45, 7) is 7.42. The first-order chi connectivity index (χ1) is 5.08. The predicted molar refractivity (Wildman–Crippen MR) is 45.8 cm³/mol. The summed E-state index contributed by atoms with van der Waals surface area (Å²) in [6, 6.07) is 0. The van der Waals surface area contributed by atoms with Gasteiger partial charge in [-0.25, -0.2) is 0 Å². The zero-order valence-electron chi connectivity index (χ0n) is 7.46. The van der Waals surface area contributed by atoms with E-state index in [4.69, 9.17) is 0 Å². The molecule has 3 heteroatoms. The van der Waals surface area contributed by atoms with Crippen LogP contribution in [0.2, 0.25) is 0 Å². The van der Waals surface area contributed by atoms with Crippen molar-refractivity contribution in [3.63, 3.8) is 0 Å². The van der Waals surface area contributed by atoms with Gasteiger partial charge in [-0.1, -0.05) is 20.8 Å². The van der Waals surface area contributed by atoms with E-state index in [1.54, 1.807) is 0 Å². The van der Waals surface area contributed by atoms with Crippen LogP contribution in [0, 0.1) is 5.41 Å². The molecule has 0 spiro atoms. The Morgan fingerprint density at radius 2 is 2.09 bits per heavy atom. The molecule has 0 saturated carbocycles. The first kappa shape index (κ1) is 8.37. The van der Waals surface area contributed by atoms with E-state index in [2.05, 4.69) is 36.2 Å². The molecule has 0 bridgehead atoms. The summed E-state index contributed by atoms with van der Waals surface area (Å²) in [7, 11) is 0. The number of hydrogen-bond acceptors (Lipinski definition) is 3.